The van der Waals surface area contributed by atoms with E-state index in [1.807, 2.05) is 0 Å². The molecule has 30 heavy (non-hydrogen) atoms. The van der Waals surface area contributed by atoms with Crippen molar-refractivity contribution >= 4 is 17.5 Å². The molecule has 8 heteroatoms. The molecular weight excluding hydrogens is 389 g/mol. The van der Waals surface area contributed by atoms with Crippen molar-refractivity contribution in [2.45, 2.75) is 33.2 Å². The Morgan fingerprint density at radius 3 is 2.53 bits per heavy atom. The van der Waals surface area contributed by atoms with Gasteiger partial charge in [-0.2, -0.15) is 0 Å². The highest BCUT2D eigenvalue weighted by Crippen LogP contribution is 2.25. The number of nitro groups is 1. The molecule has 0 aliphatic carbocycles. The number of piperidine rings is 1. The van der Waals surface area contributed by atoms with Gasteiger partial charge in [0.25, 0.3) is 11.6 Å². The normalized spacial score (nSPS) is 14.4. The first-order valence-electron chi connectivity index (χ1n) is 9.84. The number of nitrogens with zero attached hydrogens (tertiary/aromatic N) is 2. The molecule has 7 nitrogen and oxygen atoms in total. The Morgan fingerprint density at radius 1 is 1.20 bits per heavy atom. The number of benzene rings is 2. The number of hydrogen-bond acceptors (Lipinski definition) is 4. The van der Waals surface area contributed by atoms with Crippen LogP contribution in [-0.4, -0.2) is 34.7 Å². The van der Waals surface area contributed by atoms with E-state index >= 15 is 0 Å². The van der Waals surface area contributed by atoms with Gasteiger partial charge >= 0.3 is 0 Å². The summed E-state index contributed by atoms with van der Waals surface area (Å²) in [6, 6.07) is 9.34. The smallest absolute Gasteiger partial charge is 0.273 e. The van der Waals surface area contributed by atoms with Gasteiger partial charge in [-0.05, 0) is 49.9 Å². The first-order chi connectivity index (χ1) is 14.3. The van der Waals surface area contributed by atoms with Crippen LogP contribution >= 0.6 is 0 Å². The fourth-order valence-electron chi connectivity index (χ4n) is 3.65. The lowest BCUT2D eigenvalue weighted by molar-refractivity contribution is -0.385. The van der Waals surface area contributed by atoms with Crippen LogP contribution in [0.5, 0.6) is 0 Å². The lowest BCUT2D eigenvalue weighted by Crippen LogP contribution is -2.43. The molecule has 3 rings (SSSR count). The van der Waals surface area contributed by atoms with Crippen LogP contribution in [0.1, 0.15) is 39.9 Å². The first-order valence-corrected chi connectivity index (χ1v) is 9.84. The second-order valence-electron chi connectivity index (χ2n) is 7.57. The van der Waals surface area contributed by atoms with E-state index in [1.165, 1.54) is 18.2 Å². The maximum Gasteiger partial charge on any atom is 0.273 e. The molecule has 1 saturated heterocycles. The minimum Gasteiger partial charge on any atom is -0.352 e. The highest BCUT2D eigenvalue weighted by Gasteiger charge is 2.29. The average Bonchev–Trinajstić information content (AvgIpc) is 2.74. The summed E-state index contributed by atoms with van der Waals surface area (Å²) in [5.41, 5.74) is 1.83. The van der Waals surface area contributed by atoms with Gasteiger partial charge in [0.05, 0.1) is 4.92 Å². The van der Waals surface area contributed by atoms with Crippen molar-refractivity contribution in [2.24, 2.45) is 5.92 Å². The van der Waals surface area contributed by atoms with E-state index in [0.29, 0.717) is 48.2 Å². The van der Waals surface area contributed by atoms with Crippen LogP contribution in [0.3, 0.4) is 0 Å². The summed E-state index contributed by atoms with van der Waals surface area (Å²) in [5, 5.41) is 13.9. The Balaban J connectivity index is 1.56. The Hall–Kier alpha value is -3.29. The van der Waals surface area contributed by atoms with Gasteiger partial charge in [-0.3, -0.25) is 19.7 Å². The molecule has 2 aromatic rings. The van der Waals surface area contributed by atoms with E-state index in [4.69, 9.17) is 0 Å². The molecule has 1 fully saturated rings. The third-order valence-electron chi connectivity index (χ3n) is 5.59. The second kappa shape index (κ2) is 9.02. The molecule has 0 atom stereocenters. The zero-order valence-electron chi connectivity index (χ0n) is 17.0. The molecule has 2 amide bonds. The topological polar surface area (TPSA) is 92.6 Å². The van der Waals surface area contributed by atoms with Gasteiger partial charge in [0, 0.05) is 42.7 Å². The van der Waals surface area contributed by atoms with Crippen molar-refractivity contribution in [2.75, 3.05) is 13.1 Å². The summed E-state index contributed by atoms with van der Waals surface area (Å²) in [7, 11) is 0. The Morgan fingerprint density at radius 2 is 1.90 bits per heavy atom. The van der Waals surface area contributed by atoms with E-state index in [9.17, 15) is 24.1 Å². The van der Waals surface area contributed by atoms with Crippen molar-refractivity contribution in [3.05, 3.63) is 74.6 Å². The quantitative estimate of drug-likeness (QED) is 0.600. The molecule has 0 unspecified atom stereocenters. The van der Waals surface area contributed by atoms with Gasteiger partial charge in [-0.25, -0.2) is 4.39 Å². The highest BCUT2D eigenvalue weighted by molar-refractivity contribution is 5.96. The van der Waals surface area contributed by atoms with Gasteiger partial charge in [0.15, 0.2) is 0 Å². The summed E-state index contributed by atoms with van der Waals surface area (Å²) in [4.78, 5) is 37.5. The zero-order valence-corrected chi connectivity index (χ0v) is 17.0. The Bertz CT molecular complexity index is 984. The van der Waals surface area contributed by atoms with E-state index in [2.05, 4.69) is 5.32 Å². The second-order valence-corrected chi connectivity index (χ2v) is 7.57. The number of likely N-dealkylation sites (tertiary alicyclic amines) is 1. The standard InChI is InChI=1S/C22H24FN3O4/c1-14-6-7-16(12-19(14)23)13-24-21(27)17-8-10-25(11-9-17)22(28)18-4-3-5-20(15(18)2)26(29)30/h3-7,12,17H,8-11,13H2,1-2H3,(H,24,27). The third kappa shape index (κ3) is 4.64. The van der Waals surface area contributed by atoms with Gasteiger partial charge in [-0.1, -0.05) is 18.2 Å². The van der Waals surface area contributed by atoms with Crippen molar-refractivity contribution in [3.63, 3.8) is 0 Å². The molecule has 0 spiro atoms. The van der Waals surface area contributed by atoms with Crippen LogP contribution in [0.4, 0.5) is 10.1 Å². The number of hydrogen-bond donors (Lipinski definition) is 1. The fourth-order valence-corrected chi connectivity index (χ4v) is 3.65. The number of nitro benzene ring substituents is 1. The third-order valence-corrected chi connectivity index (χ3v) is 5.59. The van der Waals surface area contributed by atoms with Gasteiger partial charge in [0.1, 0.15) is 5.82 Å². The molecule has 0 bridgehead atoms. The van der Waals surface area contributed by atoms with E-state index in [0.717, 1.165) is 0 Å². The molecule has 0 radical (unpaired) electrons. The van der Waals surface area contributed by atoms with Crippen LogP contribution in [-0.2, 0) is 11.3 Å². The van der Waals surface area contributed by atoms with Crippen molar-refractivity contribution in [1.82, 2.24) is 10.2 Å². The number of aryl methyl sites for hydroxylation is 1. The minimum absolute atomic E-state index is 0.0809. The van der Waals surface area contributed by atoms with E-state index < -0.39 is 4.92 Å². The van der Waals surface area contributed by atoms with E-state index in [-0.39, 0.29) is 35.8 Å². The molecule has 158 valence electrons. The molecule has 2 aromatic carbocycles. The maximum atomic E-state index is 13.6. The summed E-state index contributed by atoms with van der Waals surface area (Å²) >= 11 is 0. The Labute approximate surface area is 174 Å². The lowest BCUT2D eigenvalue weighted by Gasteiger charge is -2.31. The maximum absolute atomic E-state index is 13.6. The van der Waals surface area contributed by atoms with Gasteiger partial charge in [0.2, 0.25) is 5.91 Å². The number of carbonyl (C=O) groups excluding carboxylic acids is 2. The number of carbonyl (C=O) groups is 2. The summed E-state index contributed by atoms with van der Waals surface area (Å²) in [6.45, 7) is 4.31. The van der Waals surface area contributed by atoms with Gasteiger partial charge < -0.3 is 10.2 Å². The van der Waals surface area contributed by atoms with Crippen LogP contribution in [0.25, 0.3) is 0 Å². The fraction of sp³-hybridized carbons (Fsp3) is 0.364. The highest BCUT2D eigenvalue weighted by atomic mass is 19.1. The van der Waals surface area contributed by atoms with E-state index in [1.54, 1.807) is 36.9 Å². The van der Waals surface area contributed by atoms with Crippen LogP contribution < -0.4 is 5.32 Å². The summed E-state index contributed by atoms with van der Waals surface area (Å²) in [5.74, 6) is -0.902. The van der Waals surface area contributed by atoms with Crippen molar-refractivity contribution in [1.29, 1.82) is 0 Å². The number of amides is 2. The van der Waals surface area contributed by atoms with Crippen LogP contribution in [0, 0.1) is 35.7 Å². The molecule has 0 saturated carbocycles. The van der Waals surface area contributed by atoms with Crippen LogP contribution in [0.2, 0.25) is 0 Å². The summed E-state index contributed by atoms with van der Waals surface area (Å²) in [6.07, 6.45) is 1.02. The monoisotopic (exact) mass is 413 g/mol. The molecule has 1 aliphatic rings. The zero-order chi connectivity index (χ0) is 21.8. The Kier molecular flexibility index (Phi) is 6.44. The molecule has 1 N–H and O–H groups in total. The van der Waals surface area contributed by atoms with Crippen LogP contribution in [0.15, 0.2) is 36.4 Å². The predicted octanol–water partition coefficient (Wildman–Crippen LogP) is 3.52. The average molecular weight is 413 g/mol. The first kappa shape index (κ1) is 21.4. The van der Waals surface area contributed by atoms with Gasteiger partial charge in [-0.15, -0.1) is 0 Å². The molecule has 1 heterocycles. The largest absolute Gasteiger partial charge is 0.352 e. The molecular formula is C22H24FN3O4. The van der Waals surface area contributed by atoms with Crippen molar-refractivity contribution in [3.8, 4) is 0 Å². The number of halogens is 1. The predicted molar refractivity (Wildman–Crippen MR) is 109 cm³/mol. The minimum atomic E-state index is -0.497. The number of nitrogens with one attached hydrogen (secondary N) is 1. The lowest BCUT2D eigenvalue weighted by atomic mass is 9.94. The molecule has 1 aliphatic heterocycles. The SMILES string of the molecule is Cc1ccc(CNC(=O)C2CCN(C(=O)c3cccc([N+](=O)[O-])c3C)CC2)cc1F. The van der Waals surface area contributed by atoms with Crippen molar-refractivity contribution < 1.29 is 18.9 Å². The molecule has 0 aromatic heterocycles. The summed E-state index contributed by atoms with van der Waals surface area (Å²) < 4.78 is 13.6. The number of rotatable bonds is 5.